The molecule has 0 unspecified atom stereocenters. The van der Waals surface area contributed by atoms with Crippen molar-refractivity contribution in [2.45, 2.75) is 6.92 Å². The van der Waals surface area contributed by atoms with Crippen LogP contribution in [0.3, 0.4) is 0 Å². The van der Waals surface area contributed by atoms with E-state index in [9.17, 15) is 0 Å². The molecule has 2 heteroatoms. The van der Waals surface area contributed by atoms with Crippen LogP contribution in [0, 0.1) is 0 Å². The topological polar surface area (TPSA) is 18.5 Å². The molecular weight excluding hydrogens is 152 g/mol. The number of para-hydroxylation sites is 1. The lowest BCUT2D eigenvalue weighted by atomic mass is 10.2. The molecule has 0 spiro atoms. The first-order valence-corrected chi connectivity index (χ1v) is 3.93. The van der Waals surface area contributed by atoms with Gasteiger partial charge in [0, 0.05) is 5.56 Å². The minimum atomic E-state index is 0.337. The van der Waals surface area contributed by atoms with Crippen LogP contribution in [0.5, 0.6) is 11.5 Å². The Bertz CT molecular complexity index is 316. The van der Waals surface area contributed by atoms with Crippen LogP contribution in [-0.2, 0) is 0 Å². The van der Waals surface area contributed by atoms with Crippen LogP contribution in [0.4, 0.5) is 0 Å². The Hall–Kier alpha value is -1.44. The zero-order valence-electron chi connectivity index (χ0n) is 6.91. The van der Waals surface area contributed by atoms with Crippen LogP contribution in [0.1, 0.15) is 12.5 Å². The highest BCUT2D eigenvalue weighted by molar-refractivity contribution is 5.62. The van der Waals surface area contributed by atoms with Gasteiger partial charge in [0.1, 0.15) is 0 Å². The lowest BCUT2D eigenvalue weighted by Crippen LogP contribution is -1.93. The Morgan fingerprint density at radius 3 is 3.08 bits per heavy atom. The van der Waals surface area contributed by atoms with Crippen LogP contribution in [-0.4, -0.2) is 6.79 Å². The Balaban J connectivity index is 2.49. The summed E-state index contributed by atoms with van der Waals surface area (Å²) in [5.41, 5.74) is 1.08. The van der Waals surface area contributed by atoms with Gasteiger partial charge in [-0.3, -0.25) is 0 Å². The summed E-state index contributed by atoms with van der Waals surface area (Å²) in [6, 6.07) is 5.88. The van der Waals surface area contributed by atoms with Crippen molar-refractivity contribution in [1.82, 2.24) is 0 Å². The Kier molecular flexibility index (Phi) is 1.74. The highest BCUT2D eigenvalue weighted by Crippen LogP contribution is 2.35. The molecule has 2 nitrogen and oxygen atoms in total. The molecule has 0 atom stereocenters. The van der Waals surface area contributed by atoms with Crippen LogP contribution >= 0.6 is 0 Å². The van der Waals surface area contributed by atoms with Gasteiger partial charge >= 0.3 is 0 Å². The molecule has 1 aromatic carbocycles. The number of benzene rings is 1. The van der Waals surface area contributed by atoms with Crippen molar-refractivity contribution in [3.05, 3.63) is 29.8 Å². The zero-order valence-corrected chi connectivity index (χ0v) is 6.91. The second kappa shape index (κ2) is 2.89. The van der Waals surface area contributed by atoms with Gasteiger partial charge in [0.2, 0.25) is 6.79 Å². The number of hydrogen-bond donors (Lipinski definition) is 0. The second-order valence-electron chi connectivity index (χ2n) is 2.58. The zero-order chi connectivity index (χ0) is 8.39. The predicted octanol–water partition coefficient (Wildman–Crippen LogP) is 2.45. The van der Waals surface area contributed by atoms with E-state index in [1.54, 1.807) is 0 Å². The molecule has 62 valence electrons. The van der Waals surface area contributed by atoms with E-state index in [1.807, 2.05) is 37.3 Å². The van der Waals surface area contributed by atoms with E-state index in [2.05, 4.69) is 0 Å². The molecule has 0 N–H and O–H groups in total. The van der Waals surface area contributed by atoms with Crippen molar-refractivity contribution in [2.24, 2.45) is 0 Å². The molecule has 0 fully saturated rings. The molecule has 1 aromatic rings. The van der Waals surface area contributed by atoms with E-state index in [4.69, 9.17) is 9.47 Å². The summed E-state index contributed by atoms with van der Waals surface area (Å²) >= 11 is 0. The van der Waals surface area contributed by atoms with Gasteiger partial charge in [0.15, 0.2) is 11.5 Å². The van der Waals surface area contributed by atoms with E-state index in [0.29, 0.717) is 6.79 Å². The largest absolute Gasteiger partial charge is 0.454 e. The summed E-state index contributed by atoms with van der Waals surface area (Å²) in [5, 5.41) is 0. The third-order valence-electron chi connectivity index (χ3n) is 1.77. The first-order chi connectivity index (χ1) is 5.92. The highest BCUT2D eigenvalue weighted by atomic mass is 16.7. The molecule has 0 amide bonds. The molecule has 2 rings (SSSR count). The Morgan fingerprint density at radius 2 is 2.25 bits per heavy atom. The van der Waals surface area contributed by atoms with Crippen LogP contribution in [0.15, 0.2) is 24.3 Å². The molecule has 0 saturated carbocycles. The van der Waals surface area contributed by atoms with E-state index in [-0.39, 0.29) is 0 Å². The average molecular weight is 162 g/mol. The molecule has 0 aromatic heterocycles. The summed E-state index contributed by atoms with van der Waals surface area (Å²) in [6.45, 7) is 2.32. The number of ether oxygens (including phenoxy) is 2. The van der Waals surface area contributed by atoms with Gasteiger partial charge in [-0.15, -0.1) is 0 Å². The lowest BCUT2D eigenvalue weighted by molar-refractivity contribution is 0.174. The van der Waals surface area contributed by atoms with Gasteiger partial charge in [-0.1, -0.05) is 24.3 Å². The lowest BCUT2D eigenvalue weighted by Gasteiger charge is -1.98. The first kappa shape index (κ1) is 7.22. The summed E-state index contributed by atoms with van der Waals surface area (Å²) in [6.07, 6.45) is 3.99. The third kappa shape index (κ3) is 1.05. The number of hydrogen-bond acceptors (Lipinski definition) is 2. The fourth-order valence-electron chi connectivity index (χ4n) is 1.26. The van der Waals surface area contributed by atoms with E-state index < -0.39 is 0 Å². The first-order valence-electron chi connectivity index (χ1n) is 3.93. The van der Waals surface area contributed by atoms with Crippen LogP contribution in [0.2, 0.25) is 0 Å². The summed E-state index contributed by atoms with van der Waals surface area (Å²) in [4.78, 5) is 0. The van der Waals surface area contributed by atoms with Crippen molar-refractivity contribution < 1.29 is 9.47 Å². The van der Waals surface area contributed by atoms with Gasteiger partial charge in [-0.05, 0) is 13.0 Å². The van der Waals surface area contributed by atoms with Crippen molar-refractivity contribution in [3.63, 3.8) is 0 Å². The predicted molar refractivity (Wildman–Crippen MR) is 47.3 cm³/mol. The highest BCUT2D eigenvalue weighted by Gasteiger charge is 2.14. The molecule has 0 radical (unpaired) electrons. The third-order valence-corrected chi connectivity index (χ3v) is 1.77. The maximum Gasteiger partial charge on any atom is 0.231 e. The quantitative estimate of drug-likeness (QED) is 0.631. The monoisotopic (exact) mass is 162 g/mol. The number of rotatable bonds is 1. The molecule has 0 bridgehead atoms. The molecular formula is C10H10O2. The maximum atomic E-state index is 5.31. The van der Waals surface area contributed by atoms with Crippen LogP contribution < -0.4 is 9.47 Å². The Morgan fingerprint density at radius 1 is 1.33 bits per heavy atom. The minimum Gasteiger partial charge on any atom is -0.454 e. The molecule has 1 aliphatic heterocycles. The van der Waals surface area contributed by atoms with Crippen LogP contribution in [0.25, 0.3) is 6.08 Å². The van der Waals surface area contributed by atoms with Gasteiger partial charge < -0.3 is 9.47 Å². The molecule has 12 heavy (non-hydrogen) atoms. The fraction of sp³-hybridized carbons (Fsp3) is 0.200. The second-order valence-corrected chi connectivity index (χ2v) is 2.58. The summed E-state index contributed by atoms with van der Waals surface area (Å²) in [5.74, 6) is 1.70. The van der Waals surface area contributed by atoms with Gasteiger partial charge in [0.25, 0.3) is 0 Å². The Labute approximate surface area is 71.4 Å². The SMILES string of the molecule is C/C=C/c1cccc2c1OCO2. The standard InChI is InChI=1S/C10H10O2/c1-2-4-8-5-3-6-9-10(8)12-7-11-9/h2-6H,7H2,1H3/b4-2+. The van der Waals surface area contributed by atoms with Gasteiger partial charge in [-0.25, -0.2) is 0 Å². The smallest absolute Gasteiger partial charge is 0.231 e. The van der Waals surface area contributed by atoms with Crippen molar-refractivity contribution in [1.29, 1.82) is 0 Å². The molecule has 1 heterocycles. The van der Waals surface area contributed by atoms with Gasteiger partial charge in [0.05, 0.1) is 0 Å². The summed E-state index contributed by atoms with van der Waals surface area (Å²) < 4.78 is 10.5. The normalized spacial score (nSPS) is 14.1. The van der Waals surface area contributed by atoms with Gasteiger partial charge in [-0.2, -0.15) is 0 Å². The van der Waals surface area contributed by atoms with E-state index >= 15 is 0 Å². The minimum absolute atomic E-state index is 0.337. The van der Waals surface area contributed by atoms with E-state index in [0.717, 1.165) is 17.1 Å². The number of fused-ring (bicyclic) bond motifs is 1. The molecule has 0 aliphatic carbocycles. The van der Waals surface area contributed by atoms with Crippen molar-refractivity contribution in [3.8, 4) is 11.5 Å². The maximum absolute atomic E-state index is 5.31. The number of allylic oxidation sites excluding steroid dienone is 1. The fourth-order valence-corrected chi connectivity index (χ4v) is 1.26. The molecule has 1 aliphatic rings. The summed E-state index contributed by atoms with van der Waals surface area (Å²) in [7, 11) is 0. The van der Waals surface area contributed by atoms with Crippen molar-refractivity contribution in [2.75, 3.05) is 6.79 Å². The van der Waals surface area contributed by atoms with E-state index in [1.165, 1.54) is 0 Å². The molecule has 0 saturated heterocycles. The van der Waals surface area contributed by atoms with Crippen molar-refractivity contribution >= 4 is 6.08 Å². The average Bonchev–Trinajstić information content (AvgIpc) is 2.53.